The molecule has 4 nitrogen and oxygen atoms in total. The summed E-state index contributed by atoms with van der Waals surface area (Å²) in [5, 5.41) is 5.53. The van der Waals surface area contributed by atoms with Gasteiger partial charge in [-0.3, -0.25) is 0 Å². The van der Waals surface area contributed by atoms with Crippen molar-refractivity contribution in [1.29, 1.82) is 0 Å². The molecule has 5 heteroatoms. The van der Waals surface area contributed by atoms with E-state index in [9.17, 15) is 0 Å². The average molecular weight is 304 g/mol. The highest BCUT2D eigenvalue weighted by Gasteiger charge is 2.21. The average Bonchev–Trinajstić information content (AvgIpc) is 3.18. The third kappa shape index (κ3) is 3.95. The Bertz CT molecular complexity index is 568. The monoisotopic (exact) mass is 304 g/mol. The second-order valence-corrected chi connectivity index (χ2v) is 5.82. The molecule has 1 aromatic carbocycles. The summed E-state index contributed by atoms with van der Waals surface area (Å²) in [4.78, 5) is 4.26. The van der Waals surface area contributed by atoms with Gasteiger partial charge in [0, 0.05) is 23.5 Å². The maximum Gasteiger partial charge on any atom is 0.166 e. The number of nitrogens with one attached hydrogen (secondary N) is 1. The quantitative estimate of drug-likeness (QED) is 0.812. The van der Waals surface area contributed by atoms with Crippen LogP contribution in [0.2, 0.25) is 0 Å². The molecule has 0 atom stereocenters. The molecule has 1 aliphatic rings. The smallest absolute Gasteiger partial charge is 0.166 e. The van der Waals surface area contributed by atoms with Crippen LogP contribution >= 0.6 is 11.3 Å². The summed E-state index contributed by atoms with van der Waals surface area (Å²) < 4.78 is 11.7. The highest BCUT2D eigenvalue weighted by molar-refractivity contribution is 7.07. The Labute approximate surface area is 129 Å². The van der Waals surface area contributed by atoms with Crippen LogP contribution in [0, 0.1) is 0 Å². The predicted octanol–water partition coefficient (Wildman–Crippen LogP) is 3.37. The summed E-state index contributed by atoms with van der Waals surface area (Å²) in [5.74, 6) is 1.64. The molecule has 0 bridgehead atoms. The zero-order valence-electron chi connectivity index (χ0n) is 12.2. The van der Waals surface area contributed by atoms with Crippen molar-refractivity contribution in [1.82, 2.24) is 10.3 Å². The molecule has 2 aromatic rings. The summed E-state index contributed by atoms with van der Waals surface area (Å²) in [6.07, 6.45) is 2.56. The van der Waals surface area contributed by atoms with Gasteiger partial charge in [-0.15, -0.1) is 11.3 Å². The van der Waals surface area contributed by atoms with E-state index in [2.05, 4.69) is 16.4 Å². The minimum absolute atomic E-state index is 0.476. The van der Waals surface area contributed by atoms with Crippen LogP contribution in [0.4, 0.5) is 0 Å². The van der Waals surface area contributed by atoms with Gasteiger partial charge in [-0.2, -0.15) is 0 Å². The molecule has 1 saturated carbocycles. The van der Waals surface area contributed by atoms with Gasteiger partial charge in [0.2, 0.25) is 0 Å². The number of thiazole rings is 1. The van der Waals surface area contributed by atoms with Gasteiger partial charge in [0.1, 0.15) is 6.61 Å². The third-order valence-electron chi connectivity index (χ3n) is 3.37. The molecule has 0 unspecified atom stereocenters. The van der Waals surface area contributed by atoms with Crippen molar-refractivity contribution in [3.05, 3.63) is 40.3 Å². The second-order valence-electron chi connectivity index (χ2n) is 5.10. The highest BCUT2D eigenvalue weighted by Crippen LogP contribution is 2.33. The van der Waals surface area contributed by atoms with Crippen molar-refractivity contribution in [2.45, 2.75) is 39.0 Å². The Hall–Kier alpha value is -1.59. The number of hydrogen-bond acceptors (Lipinski definition) is 5. The second kappa shape index (κ2) is 6.91. The van der Waals surface area contributed by atoms with Crippen molar-refractivity contribution < 1.29 is 9.47 Å². The van der Waals surface area contributed by atoms with Crippen LogP contribution < -0.4 is 14.8 Å². The lowest BCUT2D eigenvalue weighted by Gasteiger charge is -2.16. The Morgan fingerprint density at radius 3 is 2.95 bits per heavy atom. The molecular formula is C16H20N2O2S. The molecule has 0 aliphatic heterocycles. The predicted molar refractivity (Wildman–Crippen MR) is 83.9 cm³/mol. The summed E-state index contributed by atoms with van der Waals surface area (Å²) in [6, 6.07) is 6.74. The molecular weight excluding hydrogens is 284 g/mol. The molecule has 1 aliphatic carbocycles. The van der Waals surface area contributed by atoms with Crippen molar-refractivity contribution in [2.24, 2.45) is 0 Å². The normalized spacial score (nSPS) is 14.1. The first-order valence-corrected chi connectivity index (χ1v) is 8.29. The number of aromatic nitrogens is 1. The van der Waals surface area contributed by atoms with E-state index < -0.39 is 0 Å². The molecule has 1 N–H and O–H groups in total. The van der Waals surface area contributed by atoms with E-state index in [4.69, 9.17) is 9.47 Å². The van der Waals surface area contributed by atoms with E-state index in [0.717, 1.165) is 29.3 Å². The number of benzene rings is 1. The van der Waals surface area contributed by atoms with Gasteiger partial charge in [-0.25, -0.2) is 4.98 Å². The first-order valence-electron chi connectivity index (χ1n) is 7.34. The van der Waals surface area contributed by atoms with Gasteiger partial charge in [-0.1, -0.05) is 12.1 Å². The maximum atomic E-state index is 6.00. The highest BCUT2D eigenvalue weighted by atomic mass is 32.1. The van der Waals surface area contributed by atoms with Crippen LogP contribution in [0.15, 0.2) is 29.1 Å². The standard InChI is InChI=1S/C16H20N2O2S/c1-2-19-15-5-3-4-12(8-17-13-6-7-13)16(15)20-9-14-10-21-11-18-14/h3-5,10-11,13,17H,2,6-9H2,1H3. The van der Waals surface area contributed by atoms with Crippen molar-refractivity contribution >= 4 is 11.3 Å². The Morgan fingerprint density at radius 2 is 2.24 bits per heavy atom. The lowest BCUT2D eigenvalue weighted by atomic mass is 10.2. The van der Waals surface area contributed by atoms with E-state index in [-0.39, 0.29) is 0 Å². The maximum absolute atomic E-state index is 6.00. The van der Waals surface area contributed by atoms with Gasteiger partial charge < -0.3 is 14.8 Å². The minimum atomic E-state index is 0.476. The molecule has 21 heavy (non-hydrogen) atoms. The first kappa shape index (κ1) is 14.4. The lowest BCUT2D eigenvalue weighted by Crippen LogP contribution is -2.16. The van der Waals surface area contributed by atoms with Crippen LogP contribution in [0.1, 0.15) is 31.0 Å². The Morgan fingerprint density at radius 1 is 1.33 bits per heavy atom. The number of hydrogen-bond donors (Lipinski definition) is 1. The summed E-state index contributed by atoms with van der Waals surface area (Å²) in [7, 11) is 0. The number of ether oxygens (including phenoxy) is 2. The molecule has 1 heterocycles. The van der Waals surface area contributed by atoms with Crippen LogP contribution in [0.5, 0.6) is 11.5 Å². The fraction of sp³-hybridized carbons (Fsp3) is 0.438. The van der Waals surface area contributed by atoms with E-state index in [1.807, 2.05) is 29.9 Å². The van der Waals surface area contributed by atoms with E-state index >= 15 is 0 Å². The number of rotatable bonds is 8. The Kier molecular flexibility index (Phi) is 4.72. The zero-order chi connectivity index (χ0) is 14.5. The van der Waals surface area contributed by atoms with Crippen molar-refractivity contribution in [2.75, 3.05) is 6.61 Å². The molecule has 0 spiro atoms. The van der Waals surface area contributed by atoms with Gasteiger partial charge in [-0.05, 0) is 25.8 Å². The summed E-state index contributed by atoms with van der Waals surface area (Å²) in [5.41, 5.74) is 3.92. The largest absolute Gasteiger partial charge is 0.490 e. The fourth-order valence-corrected chi connectivity index (χ4v) is 2.67. The minimum Gasteiger partial charge on any atom is -0.490 e. The molecule has 1 aromatic heterocycles. The van der Waals surface area contributed by atoms with Gasteiger partial charge >= 0.3 is 0 Å². The zero-order valence-corrected chi connectivity index (χ0v) is 13.0. The first-order chi connectivity index (χ1) is 10.4. The van der Waals surface area contributed by atoms with Gasteiger partial charge in [0.25, 0.3) is 0 Å². The lowest BCUT2D eigenvalue weighted by molar-refractivity contribution is 0.263. The molecule has 0 amide bonds. The van der Waals surface area contributed by atoms with Crippen LogP contribution in [0.3, 0.4) is 0 Å². The molecule has 0 saturated heterocycles. The number of nitrogens with zero attached hydrogens (tertiary/aromatic N) is 1. The fourth-order valence-electron chi connectivity index (χ4n) is 2.13. The van der Waals surface area contributed by atoms with Crippen LogP contribution in [-0.4, -0.2) is 17.6 Å². The molecule has 1 fully saturated rings. The number of para-hydroxylation sites is 1. The molecule has 0 radical (unpaired) electrons. The third-order valence-corrected chi connectivity index (χ3v) is 4.00. The van der Waals surface area contributed by atoms with Gasteiger partial charge in [0.15, 0.2) is 11.5 Å². The summed E-state index contributed by atoms with van der Waals surface area (Å²) in [6.45, 7) is 3.91. The van der Waals surface area contributed by atoms with E-state index in [1.165, 1.54) is 12.8 Å². The van der Waals surface area contributed by atoms with E-state index in [1.54, 1.807) is 11.3 Å². The Balaban J connectivity index is 1.74. The van der Waals surface area contributed by atoms with Crippen molar-refractivity contribution in [3.63, 3.8) is 0 Å². The van der Waals surface area contributed by atoms with E-state index in [0.29, 0.717) is 19.3 Å². The van der Waals surface area contributed by atoms with Crippen LogP contribution in [0.25, 0.3) is 0 Å². The topological polar surface area (TPSA) is 43.4 Å². The van der Waals surface area contributed by atoms with Gasteiger partial charge in [0.05, 0.1) is 17.8 Å². The molecule has 3 rings (SSSR count). The van der Waals surface area contributed by atoms with Crippen LogP contribution in [-0.2, 0) is 13.2 Å². The SMILES string of the molecule is CCOc1cccc(CNC2CC2)c1OCc1cscn1. The summed E-state index contributed by atoms with van der Waals surface area (Å²) >= 11 is 1.58. The van der Waals surface area contributed by atoms with Crippen molar-refractivity contribution in [3.8, 4) is 11.5 Å². The molecule has 112 valence electrons.